The molecule has 1 fully saturated rings. The van der Waals surface area contributed by atoms with Crippen LogP contribution in [0.15, 0.2) is 4.47 Å². The second-order valence-electron chi connectivity index (χ2n) is 4.75. The lowest BCUT2D eigenvalue weighted by Gasteiger charge is -2.19. The van der Waals surface area contributed by atoms with Gasteiger partial charge in [0, 0.05) is 20.1 Å². The lowest BCUT2D eigenvalue weighted by molar-refractivity contribution is 0.279. The van der Waals surface area contributed by atoms with Gasteiger partial charge in [0.15, 0.2) is 9.84 Å². The second-order valence-corrected chi connectivity index (χ2v) is 7.85. The van der Waals surface area contributed by atoms with Crippen molar-refractivity contribution in [1.82, 2.24) is 14.7 Å². The Kier molecular flexibility index (Phi) is 4.13. The summed E-state index contributed by atoms with van der Waals surface area (Å²) in [4.78, 5) is 2.19. The molecule has 1 aliphatic heterocycles. The monoisotopic (exact) mass is 335 g/mol. The third kappa shape index (κ3) is 3.13. The molecule has 0 bridgehead atoms. The van der Waals surface area contributed by atoms with E-state index in [1.54, 1.807) is 0 Å². The summed E-state index contributed by atoms with van der Waals surface area (Å²) in [5.74, 6) is 0.580. The Bertz CT molecular complexity index is 539. The quantitative estimate of drug-likeness (QED) is 0.812. The van der Waals surface area contributed by atoms with E-state index in [-0.39, 0.29) is 5.75 Å². The molecule has 0 atom stereocenters. The second kappa shape index (κ2) is 5.30. The fourth-order valence-corrected chi connectivity index (χ4v) is 3.98. The van der Waals surface area contributed by atoms with Crippen molar-refractivity contribution in [3.63, 3.8) is 0 Å². The summed E-state index contributed by atoms with van der Waals surface area (Å²) in [6.45, 7) is 4.14. The first-order valence-corrected chi connectivity index (χ1v) is 8.61. The number of aromatic nitrogens is 2. The normalized spacial score (nSPS) is 20.8. The van der Waals surface area contributed by atoms with Crippen LogP contribution in [-0.2, 0) is 23.4 Å². The summed E-state index contributed by atoms with van der Waals surface area (Å²) in [5, 5.41) is 4.35. The summed E-state index contributed by atoms with van der Waals surface area (Å²) < 4.78 is 26.0. The maximum absolute atomic E-state index is 11.6. The molecular formula is C11H18BrN3O2S. The lowest BCUT2D eigenvalue weighted by atomic mass is 10.3. The summed E-state index contributed by atoms with van der Waals surface area (Å²) in [7, 11) is -0.917. The molecule has 0 aromatic carbocycles. The van der Waals surface area contributed by atoms with Gasteiger partial charge >= 0.3 is 0 Å². The summed E-state index contributed by atoms with van der Waals surface area (Å²) >= 11 is 3.54. The number of nitrogens with zero attached hydrogens (tertiary/aromatic N) is 3. The van der Waals surface area contributed by atoms with Crippen molar-refractivity contribution in [2.45, 2.75) is 19.9 Å². The molecule has 0 radical (unpaired) electrons. The highest BCUT2D eigenvalue weighted by atomic mass is 79.9. The van der Waals surface area contributed by atoms with Gasteiger partial charge in [-0.25, -0.2) is 8.42 Å². The van der Waals surface area contributed by atoms with E-state index in [1.165, 1.54) is 0 Å². The Hall–Kier alpha value is -0.400. The van der Waals surface area contributed by atoms with Gasteiger partial charge in [0.05, 0.1) is 27.4 Å². The number of hydrogen-bond acceptors (Lipinski definition) is 4. The van der Waals surface area contributed by atoms with Crippen LogP contribution < -0.4 is 0 Å². The SMILES string of the molecule is Cc1nn(C)c(CN2CCCS(=O)(=O)CC2)c1Br. The van der Waals surface area contributed by atoms with Crippen LogP contribution in [0.3, 0.4) is 0 Å². The molecular weight excluding hydrogens is 318 g/mol. The molecule has 18 heavy (non-hydrogen) atoms. The minimum atomic E-state index is -2.84. The topological polar surface area (TPSA) is 55.2 Å². The van der Waals surface area contributed by atoms with Crippen LogP contribution in [0.4, 0.5) is 0 Å². The zero-order valence-corrected chi connectivity index (χ0v) is 13.1. The van der Waals surface area contributed by atoms with Crippen LogP contribution in [0.25, 0.3) is 0 Å². The van der Waals surface area contributed by atoms with E-state index in [9.17, 15) is 8.42 Å². The third-order valence-electron chi connectivity index (χ3n) is 3.28. The van der Waals surface area contributed by atoms with Crippen molar-refractivity contribution in [2.75, 3.05) is 24.6 Å². The first-order chi connectivity index (χ1) is 8.39. The Labute approximate surface area is 116 Å². The van der Waals surface area contributed by atoms with Gasteiger partial charge in [-0.1, -0.05) is 0 Å². The highest BCUT2D eigenvalue weighted by Gasteiger charge is 2.21. The van der Waals surface area contributed by atoms with Crippen molar-refractivity contribution >= 4 is 25.8 Å². The van der Waals surface area contributed by atoms with Gasteiger partial charge in [0.1, 0.15) is 0 Å². The van der Waals surface area contributed by atoms with Gasteiger partial charge in [0.25, 0.3) is 0 Å². The fraction of sp³-hybridized carbons (Fsp3) is 0.727. The van der Waals surface area contributed by atoms with Crippen molar-refractivity contribution in [3.05, 3.63) is 15.9 Å². The standard InChI is InChI=1S/C11H18BrN3O2S/c1-9-11(12)10(14(2)13-9)8-15-4-3-6-18(16,17)7-5-15/h3-8H2,1-2H3. The van der Waals surface area contributed by atoms with Crippen molar-refractivity contribution in [1.29, 1.82) is 0 Å². The van der Waals surface area contributed by atoms with E-state index in [4.69, 9.17) is 0 Å². The largest absolute Gasteiger partial charge is 0.296 e. The molecule has 5 nitrogen and oxygen atoms in total. The van der Waals surface area contributed by atoms with Crippen molar-refractivity contribution < 1.29 is 8.42 Å². The summed E-state index contributed by atoms with van der Waals surface area (Å²) in [5.41, 5.74) is 2.07. The molecule has 1 saturated heterocycles. The molecule has 0 N–H and O–H groups in total. The van der Waals surface area contributed by atoms with E-state index in [2.05, 4.69) is 25.9 Å². The maximum atomic E-state index is 11.6. The van der Waals surface area contributed by atoms with Gasteiger partial charge in [-0.2, -0.15) is 5.10 Å². The fourth-order valence-electron chi connectivity index (χ4n) is 2.21. The molecule has 1 aliphatic rings. The molecule has 2 heterocycles. The molecule has 102 valence electrons. The van der Waals surface area contributed by atoms with Crippen LogP contribution in [0, 0.1) is 6.92 Å². The Morgan fingerprint density at radius 2 is 2.06 bits per heavy atom. The minimum absolute atomic E-state index is 0.265. The Morgan fingerprint density at radius 3 is 2.67 bits per heavy atom. The number of sulfone groups is 1. The predicted molar refractivity (Wildman–Crippen MR) is 74.2 cm³/mol. The van der Waals surface area contributed by atoms with Crippen LogP contribution in [-0.4, -0.2) is 47.7 Å². The number of hydrogen-bond donors (Lipinski definition) is 0. The van der Waals surface area contributed by atoms with E-state index in [0.29, 0.717) is 12.3 Å². The molecule has 0 aliphatic carbocycles. The van der Waals surface area contributed by atoms with Gasteiger partial charge in [-0.05, 0) is 35.8 Å². The average molecular weight is 336 g/mol. The molecule has 0 unspecified atom stereocenters. The first kappa shape index (κ1) is 14.0. The van der Waals surface area contributed by atoms with E-state index >= 15 is 0 Å². The third-order valence-corrected chi connectivity index (χ3v) is 6.03. The minimum Gasteiger partial charge on any atom is -0.296 e. The van der Waals surface area contributed by atoms with Gasteiger partial charge in [-0.15, -0.1) is 0 Å². The lowest BCUT2D eigenvalue weighted by Crippen LogP contribution is -2.27. The Morgan fingerprint density at radius 1 is 1.33 bits per heavy atom. The molecule has 1 aromatic heterocycles. The van der Waals surface area contributed by atoms with Crippen LogP contribution in [0.2, 0.25) is 0 Å². The number of halogens is 1. The Balaban J connectivity index is 2.10. The zero-order chi connectivity index (χ0) is 13.3. The van der Waals surface area contributed by atoms with Crippen molar-refractivity contribution in [3.8, 4) is 0 Å². The molecule has 0 amide bonds. The molecule has 2 rings (SSSR count). The van der Waals surface area contributed by atoms with Crippen LogP contribution >= 0.6 is 15.9 Å². The van der Waals surface area contributed by atoms with Crippen LogP contribution in [0.5, 0.6) is 0 Å². The van der Waals surface area contributed by atoms with Crippen molar-refractivity contribution in [2.24, 2.45) is 7.05 Å². The summed E-state index contributed by atoms with van der Waals surface area (Å²) in [6.07, 6.45) is 0.719. The highest BCUT2D eigenvalue weighted by Crippen LogP contribution is 2.22. The van der Waals surface area contributed by atoms with Gasteiger partial charge in [0.2, 0.25) is 0 Å². The first-order valence-electron chi connectivity index (χ1n) is 6.00. The van der Waals surface area contributed by atoms with Gasteiger partial charge in [-0.3, -0.25) is 9.58 Å². The predicted octanol–water partition coefficient (Wildman–Crippen LogP) is 1.11. The van der Waals surface area contributed by atoms with E-state index in [1.807, 2.05) is 18.7 Å². The highest BCUT2D eigenvalue weighted by molar-refractivity contribution is 9.10. The van der Waals surface area contributed by atoms with Gasteiger partial charge < -0.3 is 0 Å². The smallest absolute Gasteiger partial charge is 0.151 e. The summed E-state index contributed by atoms with van der Waals surface area (Å²) in [6, 6.07) is 0. The number of rotatable bonds is 2. The van der Waals surface area contributed by atoms with E-state index < -0.39 is 9.84 Å². The molecule has 7 heteroatoms. The maximum Gasteiger partial charge on any atom is 0.151 e. The molecule has 0 spiro atoms. The molecule has 0 saturated carbocycles. The number of aryl methyl sites for hydroxylation is 2. The van der Waals surface area contributed by atoms with Crippen LogP contribution in [0.1, 0.15) is 17.8 Å². The average Bonchev–Trinajstić information content (AvgIpc) is 2.46. The molecule has 1 aromatic rings. The van der Waals surface area contributed by atoms with E-state index in [0.717, 1.165) is 35.4 Å². The zero-order valence-electron chi connectivity index (χ0n) is 10.7.